The molecule has 34 heavy (non-hydrogen) atoms. The molecule has 2 aromatic rings. The molecule has 0 atom stereocenters. The zero-order valence-electron chi connectivity index (χ0n) is 22.1. The first kappa shape index (κ1) is 32.0. The van der Waals surface area contributed by atoms with Crippen LogP contribution in [0.3, 0.4) is 0 Å². The molecule has 0 saturated heterocycles. The third-order valence-electron chi connectivity index (χ3n) is 4.91. The summed E-state index contributed by atoms with van der Waals surface area (Å²) in [4.78, 5) is 0. The van der Waals surface area contributed by atoms with Crippen molar-refractivity contribution in [2.75, 3.05) is 0 Å². The molecule has 3 rings (SSSR count). The van der Waals surface area contributed by atoms with Gasteiger partial charge in [-0.2, -0.15) is 26.3 Å². The van der Waals surface area contributed by atoms with Crippen molar-refractivity contribution in [3.63, 3.8) is 0 Å². The summed E-state index contributed by atoms with van der Waals surface area (Å²) in [6, 6.07) is 17.4. The second kappa shape index (κ2) is 11.6. The highest BCUT2D eigenvalue weighted by Gasteiger charge is 2.64. The Morgan fingerprint density at radius 1 is 0.588 bits per heavy atom. The number of alkyl halides is 6. The predicted octanol–water partition coefficient (Wildman–Crippen LogP) is 10.6. The highest BCUT2D eigenvalue weighted by Crippen LogP contribution is 2.49. The van der Waals surface area contributed by atoms with Crippen molar-refractivity contribution in [2.24, 2.45) is 10.8 Å². The smallest absolute Gasteiger partial charge is 0.170 e. The SMILES string of the molecule is CC(C)(C(F)(F)F)C(F)(F)F.CC(C)(C)C.CC1(C)c2ccccc2-c2ccccc21.CCC. The Morgan fingerprint density at radius 2 is 0.824 bits per heavy atom. The first-order valence-electron chi connectivity index (χ1n) is 11.5. The first-order chi connectivity index (χ1) is 15.1. The first-order valence-corrected chi connectivity index (χ1v) is 11.5. The molecule has 1 aliphatic rings. The molecule has 0 saturated carbocycles. The topological polar surface area (TPSA) is 0 Å². The zero-order chi connectivity index (χ0) is 27.2. The molecule has 2 aromatic carbocycles. The fraction of sp³-hybridized carbons (Fsp3) is 0.571. The maximum atomic E-state index is 11.6. The molecule has 0 amide bonds. The van der Waals surface area contributed by atoms with Crippen LogP contribution in [0.1, 0.15) is 86.8 Å². The van der Waals surface area contributed by atoms with Crippen LogP contribution in [0, 0.1) is 10.8 Å². The standard InChI is InChI=1S/C15H14.C5H6F6.C5H12.C3H8/c1-15(2)13-9-5-3-7-11(13)12-8-4-6-10-14(12)15;1-3(2,4(6,7)8)5(9,10)11;1-5(2,3)4;1-3-2/h3-10H,1-2H3;1-2H3;1-4H3;3H2,1-2H3. The van der Waals surface area contributed by atoms with E-state index in [1.165, 1.54) is 28.7 Å². The van der Waals surface area contributed by atoms with Crippen molar-refractivity contribution in [1.82, 2.24) is 0 Å². The molecule has 0 unspecified atom stereocenters. The van der Waals surface area contributed by atoms with E-state index in [2.05, 4.69) is 104 Å². The van der Waals surface area contributed by atoms with Crippen LogP contribution in [0.5, 0.6) is 0 Å². The van der Waals surface area contributed by atoms with E-state index in [1.54, 1.807) is 0 Å². The molecule has 6 heteroatoms. The number of benzene rings is 2. The largest absolute Gasteiger partial charge is 0.402 e. The van der Waals surface area contributed by atoms with Crippen LogP contribution >= 0.6 is 0 Å². The van der Waals surface area contributed by atoms with Gasteiger partial charge >= 0.3 is 12.4 Å². The summed E-state index contributed by atoms with van der Waals surface area (Å²) in [5, 5.41) is 0. The Labute approximate surface area is 201 Å². The van der Waals surface area contributed by atoms with Gasteiger partial charge in [-0.05, 0) is 41.5 Å². The highest BCUT2D eigenvalue weighted by molar-refractivity contribution is 5.80. The van der Waals surface area contributed by atoms with Crippen LogP contribution < -0.4 is 0 Å². The minimum Gasteiger partial charge on any atom is -0.170 e. The van der Waals surface area contributed by atoms with E-state index in [4.69, 9.17) is 0 Å². The van der Waals surface area contributed by atoms with Crippen molar-refractivity contribution in [3.05, 3.63) is 59.7 Å². The van der Waals surface area contributed by atoms with Crippen molar-refractivity contribution in [3.8, 4) is 11.1 Å². The molecule has 0 heterocycles. The van der Waals surface area contributed by atoms with Gasteiger partial charge in [0.05, 0.1) is 0 Å². The molecule has 0 radical (unpaired) electrons. The summed E-state index contributed by atoms with van der Waals surface area (Å²) in [6.45, 7) is 17.8. The highest BCUT2D eigenvalue weighted by atomic mass is 19.4. The van der Waals surface area contributed by atoms with Crippen molar-refractivity contribution < 1.29 is 26.3 Å². The van der Waals surface area contributed by atoms with Crippen molar-refractivity contribution in [2.45, 2.75) is 93.4 Å². The van der Waals surface area contributed by atoms with Gasteiger partial charge in [0.15, 0.2) is 5.41 Å². The lowest BCUT2D eigenvalue weighted by molar-refractivity contribution is -0.327. The van der Waals surface area contributed by atoms with E-state index < -0.39 is 17.8 Å². The number of hydrogen-bond acceptors (Lipinski definition) is 0. The molecule has 0 bridgehead atoms. The minimum absolute atomic E-state index is 0.104. The second-order valence-electron chi connectivity index (χ2n) is 11.0. The maximum absolute atomic E-state index is 11.6. The molecule has 0 fully saturated rings. The molecular formula is C28H40F6. The minimum atomic E-state index is -5.24. The van der Waals surface area contributed by atoms with Gasteiger partial charge in [-0.1, -0.05) is 110 Å². The fourth-order valence-electron chi connectivity index (χ4n) is 2.83. The van der Waals surface area contributed by atoms with Gasteiger partial charge in [0.1, 0.15) is 0 Å². The van der Waals surface area contributed by atoms with Gasteiger partial charge in [0, 0.05) is 5.41 Å². The fourth-order valence-corrected chi connectivity index (χ4v) is 2.83. The van der Waals surface area contributed by atoms with E-state index in [-0.39, 0.29) is 19.3 Å². The van der Waals surface area contributed by atoms with Crippen molar-refractivity contribution in [1.29, 1.82) is 0 Å². The Bertz CT molecular complexity index is 811. The molecule has 0 spiro atoms. The summed E-state index contributed by atoms with van der Waals surface area (Å²) in [5.41, 5.74) is 2.74. The van der Waals surface area contributed by atoms with Crippen LogP contribution in [0.25, 0.3) is 11.1 Å². The van der Waals surface area contributed by atoms with Gasteiger partial charge < -0.3 is 0 Å². The number of halogens is 6. The molecule has 0 aliphatic heterocycles. The average molecular weight is 491 g/mol. The van der Waals surface area contributed by atoms with E-state index in [1.807, 2.05) is 0 Å². The lowest BCUT2D eigenvalue weighted by Crippen LogP contribution is -2.44. The van der Waals surface area contributed by atoms with Gasteiger partial charge in [-0.15, -0.1) is 0 Å². The Morgan fingerprint density at radius 3 is 1.03 bits per heavy atom. The molecule has 0 nitrogen and oxygen atoms in total. The summed E-state index contributed by atoms with van der Waals surface area (Å²) < 4.78 is 69.7. The molecular weight excluding hydrogens is 450 g/mol. The zero-order valence-corrected chi connectivity index (χ0v) is 22.1. The Kier molecular flexibility index (Phi) is 11.0. The normalized spacial score (nSPS) is 14.2. The summed E-state index contributed by atoms with van der Waals surface area (Å²) in [6.07, 6.45) is -9.24. The summed E-state index contributed by atoms with van der Waals surface area (Å²) in [5.74, 6) is 0. The lowest BCUT2D eigenvalue weighted by atomic mass is 9.82. The third kappa shape index (κ3) is 8.66. The summed E-state index contributed by atoms with van der Waals surface area (Å²) >= 11 is 0. The second-order valence-corrected chi connectivity index (χ2v) is 11.0. The van der Waals surface area contributed by atoms with Crippen LogP contribution in [0.2, 0.25) is 0 Å². The van der Waals surface area contributed by atoms with Crippen LogP contribution in [-0.4, -0.2) is 12.4 Å². The predicted molar refractivity (Wildman–Crippen MR) is 131 cm³/mol. The van der Waals surface area contributed by atoms with Gasteiger partial charge in [0.25, 0.3) is 0 Å². The number of hydrogen-bond donors (Lipinski definition) is 0. The monoisotopic (exact) mass is 490 g/mol. The Balaban J connectivity index is 0.000000506. The van der Waals surface area contributed by atoms with Crippen LogP contribution in [0.4, 0.5) is 26.3 Å². The van der Waals surface area contributed by atoms with E-state index in [0.29, 0.717) is 5.41 Å². The molecule has 0 N–H and O–H groups in total. The van der Waals surface area contributed by atoms with E-state index in [0.717, 1.165) is 0 Å². The van der Waals surface area contributed by atoms with E-state index >= 15 is 0 Å². The quantitative estimate of drug-likeness (QED) is 0.322. The maximum Gasteiger partial charge on any atom is 0.402 e. The molecule has 1 aliphatic carbocycles. The molecule has 0 aromatic heterocycles. The summed E-state index contributed by atoms with van der Waals surface area (Å²) in [7, 11) is 0. The third-order valence-corrected chi connectivity index (χ3v) is 4.91. The lowest BCUT2D eigenvalue weighted by Gasteiger charge is -2.29. The van der Waals surface area contributed by atoms with Crippen molar-refractivity contribution >= 4 is 0 Å². The van der Waals surface area contributed by atoms with Gasteiger partial charge in [0.2, 0.25) is 0 Å². The number of fused-ring (bicyclic) bond motifs is 3. The van der Waals surface area contributed by atoms with Gasteiger partial charge in [-0.3, -0.25) is 0 Å². The van der Waals surface area contributed by atoms with E-state index in [9.17, 15) is 26.3 Å². The van der Waals surface area contributed by atoms with Crippen LogP contribution in [0.15, 0.2) is 48.5 Å². The van der Waals surface area contributed by atoms with Gasteiger partial charge in [-0.25, -0.2) is 0 Å². The van der Waals surface area contributed by atoms with Crippen LogP contribution in [-0.2, 0) is 5.41 Å². The Hall–Kier alpha value is -1.98. The number of rotatable bonds is 0. The molecule has 194 valence electrons. The average Bonchev–Trinajstić information content (AvgIpc) is 2.88.